The summed E-state index contributed by atoms with van der Waals surface area (Å²) >= 11 is 5.06. The number of rotatable bonds is 8. The van der Waals surface area contributed by atoms with Crippen molar-refractivity contribution in [3.63, 3.8) is 0 Å². The SMILES string of the molecule is Cc1nnc(SCC2=C(OC(=O)O)N3C(=O)C(N(C(=O)C(=N)c4csc(N)n4)N4CCNC4=O)[C@@H]3SC2)s1. The van der Waals surface area contributed by atoms with E-state index in [1.165, 1.54) is 45.1 Å². The second-order valence-corrected chi connectivity index (χ2v) is 12.4. The third-order valence-corrected chi connectivity index (χ3v) is 9.64. The Kier molecular flexibility index (Phi) is 7.16. The van der Waals surface area contributed by atoms with E-state index >= 15 is 0 Å². The number of thioether (sulfide) groups is 2. The molecular weight excluding hydrogens is 579 g/mol. The summed E-state index contributed by atoms with van der Waals surface area (Å²) in [6.07, 6.45) is -1.59. The number of aryl methyl sites for hydroxylation is 1. The van der Waals surface area contributed by atoms with Gasteiger partial charge < -0.3 is 20.9 Å². The second-order valence-electron chi connectivity index (χ2n) is 7.96. The van der Waals surface area contributed by atoms with Crippen LogP contribution in [0.4, 0.5) is 14.7 Å². The monoisotopic (exact) mass is 597 g/mol. The Morgan fingerprint density at radius 3 is 2.79 bits per heavy atom. The number of amides is 4. The van der Waals surface area contributed by atoms with Crippen molar-refractivity contribution in [2.75, 3.05) is 30.3 Å². The summed E-state index contributed by atoms with van der Waals surface area (Å²) in [4.78, 5) is 56.2. The number of carbonyl (C=O) groups excluding carboxylic acids is 3. The number of carbonyl (C=O) groups is 4. The van der Waals surface area contributed by atoms with Crippen molar-refractivity contribution < 1.29 is 29.0 Å². The van der Waals surface area contributed by atoms with Crippen LogP contribution >= 0.6 is 46.2 Å². The number of thiazole rings is 1. The molecule has 0 saturated carbocycles. The van der Waals surface area contributed by atoms with Crippen molar-refractivity contribution >= 4 is 81.0 Å². The van der Waals surface area contributed by atoms with Gasteiger partial charge in [-0.3, -0.25) is 19.9 Å². The standard InChI is InChI=1S/C19H19N9O6S4/c1-7-24-25-18(38-7)37-5-8-4-35-15-11(13(30)27(15)14(8)34-19(32)33)28(26-3-2-22-17(26)31)12(29)10(20)9-6-36-16(21)23-9/h6,11,15,20H,2-5H2,1H3,(H2,21,23)(H,22,31)(H,32,33)/t11?,15-/m0/s1. The molecule has 3 aliphatic heterocycles. The number of urea groups is 1. The predicted molar refractivity (Wildman–Crippen MR) is 139 cm³/mol. The highest BCUT2D eigenvalue weighted by Crippen LogP contribution is 2.44. The molecule has 5 heterocycles. The van der Waals surface area contributed by atoms with E-state index in [2.05, 4.69) is 20.5 Å². The molecule has 0 aliphatic carbocycles. The van der Waals surface area contributed by atoms with Crippen molar-refractivity contribution in [1.29, 1.82) is 5.41 Å². The molecule has 2 saturated heterocycles. The number of fused-ring (bicyclic) bond motifs is 1. The molecule has 15 nitrogen and oxygen atoms in total. The normalized spacial score (nSPS) is 20.7. The van der Waals surface area contributed by atoms with Crippen LogP contribution in [-0.4, -0.2) is 101 Å². The number of hydrazine groups is 1. The lowest BCUT2D eigenvalue weighted by Crippen LogP contribution is -2.74. The van der Waals surface area contributed by atoms with Gasteiger partial charge in [-0.25, -0.2) is 24.6 Å². The van der Waals surface area contributed by atoms with Crippen LogP contribution in [0.3, 0.4) is 0 Å². The quantitative estimate of drug-likeness (QED) is 0.145. The lowest BCUT2D eigenvalue weighted by Gasteiger charge is -2.53. The minimum Gasteiger partial charge on any atom is -0.449 e. The Labute approximate surface area is 230 Å². The first-order chi connectivity index (χ1) is 18.2. The van der Waals surface area contributed by atoms with Crippen LogP contribution in [0.5, 0.6) is 0 Å². The zero-order valence-electron chi connectivity index (χ0n) is 19.4. The van der Waals surface area contributed by atoms with Crippen LogP contribution in [0.2, 0.25) is 0 Å². The number of aromatic nitrogens is 3. The number of hydrogen-bond donors (Lipinski definition) is 4. The Morgan fingerprint density at radius 1 is 1.39 bits per heavy atom. The van der Waals surface area contributed by atoms with E-state index in [-0.39, 0.29) is 29.8 Å². The highest BCUT2D eigenvalue weighted by molar-refractivity contribution is 8.01. The fourth-order valence-electron chi connectivity index (χ4n) is 3.95. The van der Waals surface area contributed by atoms with E-state index in [9.17, 15) is 24.3 Å². The summed E-state index contributed by atoms with van der Waals surface area (Å²) in [7, 11) is 0. The van der Waals surface area contributed by atoms with Gasteiger partial charge in [0.1, 0.15) is 21.8 Å². The van der Waals surface area contributed by atoms with Crippen LogP contribution in [0.15, 0.2) is 21.2 Å². The van der Waals surface area contributed by atoms with Gasteiger partial charge in [0.25, 0.3) is 11.8 Å². The van der Waals surface area contributed by atoms with Crippen LogP contribution in [-0.2, 0) is 14.3 Å². The number of nitrogens with one attached hydrogen (secondary N) is 2. The summed E-state index contributed by atoms with van der Waals surface area (Å²) < 4.78 is 5.72. The second kappa shape index (κ2) is 10.4. The molecule has 3 aliphatic rings. The lowest BCUT2D eigenvalue weighted by molar-refractivity contribution is -0.170. The van der Waals surface area contributed by atoms with Crippen molar-refractivity contribution in [3.8, 4) is 0 Å². The minimum absolute atomic E-state index is 0.0167. The van der Waals surface area contributed by atoms with Gasteiger partial charge in [0.15, 0.2) is 15.5 Å². The van der Waals surface area contributed by atoms with Crippen molar-refractivity contribution in [2.24, 2.45) is 0 Å². The Hall–Kier alpha value is -3.42. The van der Waals surface area contributed by atoms with Crippen LogP contribution in [0, 0.1) is 12.3 Å². The molecular formula is C19H19N9O6S4. The number of anilines is 1. The number of nitrogens with zero attached hydrogens (tertiary/aromatic N) is 6. The first kappa shape index (κ1) is 26.2. The van der Waals surface area contributed by atoms with Gasteiger partial charge in [-0.2, -0.15) is 0 Å². The Balaban J connectivity index is 1.43. The molecule has 2 fully saturated rings. The molecule has 2 aromatic heterocycles. The van der Waals surface area contributed by atoms with Gasteiger partial charge in [0.05, 0.1) is 6.54 Å². The number of nitrogen functional groups attached to an aromatic ring is 1. The molecule has 200 valence electrons. The van der Waals surface area contributed by atoms with E-state index in [1.807, 2.05) is 6.92 Å². The van der Waals surface area contributed by atoms with E-state index in [4.69, 9.17) is 15.9 Å². The number of carboxylic acid groups (broad SMARTS) is 1. The van der Waals surface area contributed by atoms with E-state index in [0.717, 1.165) is 26.4 Å². The Bertz CT molecular complexity index is 1380. The summed E-state index contributed by atoms with van der Waals surface area (Å²) in [5, 5.41) is 32.0. The van der Waals surface area contributed by atoms with E-state index in [1.54, 1.807) is 0 Å². The summed E-state index contributed by atoms with van der Waals surface area (Å²) in [6, 6.07) is -1.78. The number of nitrogens with two attached hydrogens (primary N) is 1. The Morgan fingerprint density at radius 2 is 2.18 bits per heavy atom. The van der Waals surface area contributed by atoms with Gasteiger partial charge in [-0.05, 0) is 6.92 Å². The molecule has 5 N–H and O–H groups in total. The number of hydrogen-bond acceptors (Lipinski definition) is 14. The highest BCUT2D eigenvalue weighted by Gasteiger charge is 2.59. The average Bonchev–Trinajstić information content (AvgIpc) is 3.61. The maximum Gasteiger partial charge on any atom is 0.512 e. The highest BCUT2D eigenvalue weighted by atomic mass is 32.2. The molecule has 2 atom stereocenters. The molecule has 0 spiro atoms. The summed E-state index contributed by atoms with van der Waals surface area (Å²) in [5.41, 5.74) is 5.68. The molecule has 19 heteroatoms. The maximum atomic E-state index is 13.5. The van der Waals surface area contributed by atoms with Crippen molar-refractivity contribution in [1.82, 2.24) is 35.4 Å². The van der Waals surface area contributed by atoms with Crippen LogP contribution in [0.25, 0.3) is 0 Å². The first-order valence-corrected chi connectivity index (χ1v) is 14.6. The third kappa shape index (κ3) is 4.76. The van der Waals surface area contributed by atoms with E-state index < -0.39 is 41.1 Å². The molecule has 0 bridgehead atoms. The third-order valence-electron chi connectivity index (χ3n) is 5.58. The fraction of sp³-hybridized carbons (Fsp3) is 0.368. The smallest absolute Gasteiger partial charge is 0.449 e. The molecule has 0 aromatic carbocycles. The number of β-lactam (4-membered cyclic amide) rings is 1. The van der Waals surface area contributed by atoms with Crippen molar-refractivity contribution in [2.45, 2.75) is 22.7 Å². The molecule has 1 unspecified atom stereocenters. The predicted octanol–water partition coefficient (Wildman–Crippen LogP) is 1.00. The first-order valence-electron chi connectivity index (χ1n) is 10.8. The summed E-state index contributed by atoms with van der Waals surface area (Å²) in [5.74, 6) is -1.09. The summed E-state index contributed by atoms with van der Waals surface area (Å²) in [6.45, 7) is 2.15. The van der Waals surface area contributed by atoms with Gasteiger partial charge in [-0.1, -0.05) is 23.1 Å². The fourth-order valence-corrected chi connectivity index (χ4v) is 7.80. The van der Waals surface area contributed by atoms with E-state index in [0.29, 0.717) is 21.4 Å². The van der Waals surface area contributed by atoms with Gasteiger partial charge in [-0.15, -0.1) is 33.3 Å². The van der Waals surface area contributed by atoms with Gasteiger partial charge in [0.2, 0.25) is 5.88 Å². The van der Waals surface area contributed by atoms with Gasteiger partial charge >= 0.3 is 12.2 Å². The molecule has 5 rings (SSSR count). The lowest BCUT2D eigenvalue weighted by atomic mass is 10.0. The average molecular weight is 598 g/mol. The zero-order chi connectivity index (χ0) is 27.1. The molecule has 0 radical (unpaired) electrons. The largest absolute Gasteiger partial charge is 0.512 e. The minimum atomic E-state index is -1.59. The van der Waals surface area contributed by atoms with Crippen LogP contribution < -0.4 is 11.1 Å². The topological polar surface area (TPSA) is 208 Å². The molecule has 38 heavy (non-hydrogen) atoms. The molecule has 4 amide bonds. The number of ether oxygens (including phenoxy) is 1. The zero-order valence-corrected chi connectivity index (χ0v) is 22.7. The maximum absolute atomic E-state index is 13.5. The molecule has 2 aromatic rings. The van der Waals surface area contributed by atoms with Crippen LogP contribution in [0.1, 0.15) is 10.7 Å². The van der Waals surface area contributed by atoms with Crippen molar-refractivity contribution in [3.05, 3.63) is 27.5 Å². The van der Waals surface area contributed by atoms with Gasteiger partial charge in [0, 0.05) is 29.0 Å².